The highest BCUT2D eigenvalue weighted by Crippen LogP contribution is 2.28. The minimum absolute atomic E-state index is 0.415. The SMILES string of the molecule is O=S1Cc2ccc(cc2)C2=NC3N=C(N2)c2ccc(cc2)CS(=O)Cc2ccc(cc2)C2=NC(N=C(N2)c2ccc(cc2)C1)c1ccc(cc1)CS(=O)Cc1ccc3cc1. The Bertz CT molecular complexity index is 2460. The molecule has 298 valence electrons. The zero-order valence-electron chi connectivity index (χ0n) is 32.5. The second-order valence-corrected chi connectivity index (χ2v) is 19.7. The van der Waals surface area contributed by atoms with E-state index in [-0.39, 0.29) is 0 Å². The molecule has 23 aliphatic rings. The maximum atomic E-state index is 13.5. The summed E-state index contributed by atoms with van der Waals surface area (Å²) >= 11 is 0. The van der Waals surface area contributed by atoms with Crippen molar-refractivity contribution in [3.05, 3.63) is 212 Å². The van der Waals surface area contributed by atoms with Crippen LogP contribution in [0.15, 0.2) is 166 Å². The molecule has 23 aliphatic heterocycles. The van der Waals surface area contributed by atoms with E-state index in [2.05, 4.69) is 10.6 Å². The molecule has 6 aromatic carbocycles. The molecule has 0 fully saturated rings. The zero-order chi connectivity index (χ0) is 40.6. The van der Waals surface area contributed by atoms with Gasteiger partial charge < -0.3 is 10.6 Å². The molecule has 0 aliphatic carbocycles. The van der Waals surface area contributed by atoms with Crippen molar-refractivity contribution < 1.29 is 12.6 Å². The van der Waals surface area contributed by atoms with Crippen molar-refractivity contribution in [1.82, 2.24) is 10.6 Å². The minimum atomic E-state index is -1.14. The summed E-state index contributed by atoms with van der Waals surface area (Å²) < 4.78 is 40.5. The Balaban J connectivity index is 1.09. The molecular weight excluding hydrogens is 805 g/mol. The van der Waals surface area contributed by atoms with Crippen LogP contribution in [0.4, 0.5) is 0 Å². The molecule has 29 rings (SSSR count). The van der Waals surface area contributed by atoms with Gasteiger partial charge in [-0.1, -0.05) is 146 Å². The van der Waals surface area contributed by atoms with Gasteiger partial charge in [0, 0.05) is 89.2 Å². The zero-order valence-corrected chi connectivity index (χ0v) is 34.9. The molecule has 6 aromatic rings. The van der Waals surface area contributed by atoms with E-state index in [0.717, 1.165) is 66.8 Å². The van der Waals surface area contributed by atoms with Gasteiger partial charge in [0.1, 0.15) is 23.3 Å². The Morgan fingerprint density at radius 2 is 0.517 bits per heavy atom. The van der Waals surface area contributed by atoms with Crippen LogP contribution in [-0.4, -0.2) is 36.0 Å². The van der Waals surface area contributed by atoms with Crippen LogP contribution >= 0.6 is 0 Å². The molecule has 0 unspecified atom stereocenters. The molecule has 0 amide bonds. The predicted molar refractivity (Wildman–Crippen MR) is 243 cm³/mol. The third kappa shape index (κ3) is 8.54. The number of hydrogen-bond acceptors (Lipinski definition) is 9. The van der Waals surface area contributed by atoms with Gasteiger partial charge in [-0.25, -0.2) is 20.0 Å². The van der Waals surface area contributed by atoms with Crippen LogP contribution in [0.5, 0.6) is 0 Å². The second-order valence-electron chi connectivity index (χ2n) is 15.4. The molecular formula is C48H40N6O3S3. The minimum Gasteiger partial charge on any atom is -0.324 e. The first-order valence-electron chi connectivity index (χ1n) is 19.8. The maximum absolute atomic E-state index is 13.5. The van der Waals surface area contributed by atoms with Crippen molar-refractivity contribution in [2.75, 3.05) is 0 Å². The normalized spacial score (nSPS) is 22.3. The first-order valence-corrected chi connectivity index (χ1v) is 24.3. The van der Waals surface area contributed by atoms with Gasteiger partial charge in [-0.15, -0.1) is 0 Å². The largest absolute Gasteiger partial charge is 0.324 e. The van der Waals surface area contributed by atoms with Crippen molar-refractivity contribution in [1.29, 1.82) is 0 Å². The molecule has 18 bridgehead atoms. The fourth-order valence-electron chi connectivity index (χ4n) is 7.66. The molecule has 0 saturated heterocycles. The number of nitrogens with zero attached hydrogens (tertiary/aromatic N) is 4. The van der Waals surface area contributed by atoms with Gasteiger partial charge in [0.25, 0.3) is 0 Å². The van der Waals surface area contributed by atoms with E-state index < -0.39 is 44.7 Å². The maximum Gasteiger partial charge on any atom is 0.169 e. The lowest BCUT2D eigenvalue weighted by molar-refractivity contribution is 0.681. The summed E-state index contributed by atoms with van der Waals surface area (Å²) in [6.45, 7) is 0. The van der Waals surface area contributed by atoms with Gasteiger partial charge in [-0.05, 0) is 44.5 Å². The predicted octanol–water partition coefficient (Wildman–Crippen LogP) is 7.65. The van der Waals surface area contributed by atoms with Gasteiger partial charge in [0.15, 0.2) is 12.3 Å². The van der Waals surface area contributed by atoms with E-state index in [4.69, 9.17) is 20.0 Å². The lowest BCUT2D eigenvalue weighted by Gasteiger charge is -2.23. The average Bonchev–Trinajstić information content (AvgIpc) is 3.27. The molecule has 60 heavy (non-hydrogen) atoms. The summed E-state index contributed by atoms with van der Waals surface area (Å²) in [5, 5.41) is 6.97. The summed E-state index contributed by atoms with van der Waals surface area (Å²) in [4.78, 5) is 20.3. The Labute approximate surface area is 356 Å². The van der Waals surface area contributed by atoms with Crippen molar-refractivity contribution in [3.63, 3.8) is 0 Å². The van der Waals surface area contributed by atoms with E-state index >= 15 is 0 Å². The standard InChI is InChI=1S/C48H40N6O3S3/c55-58-25-31-1-13-37(14-2-31)43-49-44-38-17-5-33(6-18-38)27-59(56)29-35-9-21-41(22-10-35)47-52-46(40-15-3-32(26-58)4-16-40)53-48(54-47)42-23-11-36(12-24-42)30-60(57)28-34-7-19-39(20-8-34)45(50-43)51-44/h1-24,43,46H,25-30H2,(H,49,50,51)(H,52,53,54). The topological polar surface area (TPSA) is 125 Å². The van der Waals surface area contributed by atoms with E-state index in [1.54, 1.807) is 0 Å². The molecule has 9 nitrogen and oxygen atoms in total. The van der Waals surface area contributed by atoms with Crippen LogP contribution in [0.1, 0.15) is 79.1 Å². The van der Waals surface area contributed by atoms with E-state index in [9.17, 15) is 12.6 Å². The molecule has 0 aromatic heterocycles. The average molecular weight is 845 g/mol. The summed E-state index contributed by atoms with van der Waals surface area (Å²) in [6.07, 6.45) is -1.04. The summed E-state index contributed by atoms with van der Waals surface area (Å²) in [5.74, 6) is 5.19. The van der Waals surface area contributed by atoms with Crippen LogP contribution in [0.3, 0.4) is 0 Å². The van der Waals surface area contributed by atoms with E-state index in [1.165, 1.54) is 0 Å². The molecule has 0 radical (unpaired) electrons. The fourth-order valence-corrected chi connectivity index (χ4v) is 11.4. The first-order chi connectivity index (χ1) is 29.3. The van der Waals surface area contributed by atoms with Crippen molar-refractivity contribution in [3.8, 4) is 0 Å². The number of aliphatic imine (C=N–C) groups is 4. The van der Waals surface area contributed by atoms with Gasteiger partial charge in [0.2, 0.25) is 0 Å². The number of nitrogens with one attached hydrogen (secondary N) is 2. The fraction of sp³-hybridized carbons (Fsp3) is 0.167. The van der Waals surface area contributed by atoms with Crippen molar-refractivity contribution in [2.24, 2.45) is 20.0 Å². The molecule has 0 saturated carbocycles. The summed E-state index contributed by atoms with van der Waals surface area (Å²) in [6, 6.07) is 48.3. The highest BCUT2D eigenvalue weighted by molar-refractivity contribution is 7.83. The Hall–Kier alpha value is -5.95. The van der Waals surface area contributed by atoms with Crippen LogP contribution in [0, 0.1) is 0 Å². The lowest BCUT2D eigenvalue weighted by Crippen LogP contribution is -2.36. The third-order valence-electron chi connectivity index (χ3n) is 10.9. The molecule has 12 heteroatoms. The first kappa shape index (κ1) is 38.3. The summed E-state index contributed by atoms with van der Waals surface area (Å²) in [7, 11) is -3.42. The number of rotatable bonds is 0. The number of hydrogen-bond donors (Lipinski definition) is 2. The van der Waals surface area contributed by atoms with Crippen molar-refractivity contribution in [2.45, 2.75) is 46.8 Å². The van der Waals surface area contributed by atoms with Gasteiger partial charge >= 0.3 is 0 Å². The smallest absolute Gasteiger partial charge is 0.169 e. The molecule has 0 spiro atoms. The molecule has 2 N–H and O–H groups in total. The van der Waals surface area contributed by atoms with Crippen LogP contribution in [-0.2, 0) is 66.9 Å². The number of benzene rings is 6. The Morgan fingerprint density at radius 1 is 0.317 bits per heavy atom. The summed E-state index contributed by atoms with van der Waals surface area (Å²) in [5.41, 5.74) is 11.2. The molecule has 23 heterocycles. The van der Waals surface area contributed by atoms with E-state index in [1.807, 2.05) is 146 Å². The second kappa shape index (κ2) is 16.6. The van der Waals surface area contributed by atoms with Crippen molar-refractivity contribution >= 4 is 55.7 Å². The van der Waals surface area contributed by atoms with Crippen LogP contribution in [0.25, 0.3) is 0 Å². The van der Waals surface area contributed by atoms with Gasteiger partial charge in [0.05, 0.1) is 0 Å². The lowest BCUT2D eigenvalue weighted by atomic mass is 10.1. The van der Waals surface area contributed by atoms with Gasteiger partial charge in [-0.3, -0.25) is 12.6 Å². The highest BCUT2D eigenvalue weighted by Gasteiger charge is 2.23. The Morgan fingerprint density at radius 3 is 0.733 bits per heavy atom. The monoisotopic (exact) mass is 844 g/mol. The quantitative estimate of drug-likeness (QED) is 0.163. The van der Waals surface area contributed by atoms with E-state index in [0.29, 0.717) is 57.9 Å². The molecule has 0 atom stereocenters. The number of amidine groups is 4. The highest BCUT2D eigenvalue weighted by atomic mass is 32.2. The Kier molecular flexibility index (Phi) is 10.6. The van der Waals surface area contributed by atoms with Crippen LogP contribution < -0.4 is 10.6 Å². The van der Waals surface area contributed by atoms with Crippen LogP contribution in [0.2, 0.25) is 0 Å². The van der Waals surface area contributed by atoms with Gasteiger partial charge in [-0.2, -0.15) is 0 Å². The third-order valence-corrected chi connectivity index (χ3v) is 14.8.